The van der Waals surface area contributed by atoms with Crippen LogP contribution in [0.15, 0.2) is 54.6 Å². The predicted molar refractivity (Wildman–Crippen MR) is 166 cm³/mol. The molecule has 14 heteroatoms. The van der Waals surface area contributed by atoms with Crippen molar-refractivity contribution in [2.45, 2.75) is 70.5 Å². The Balaban J connectivity index is 1.67. The molecule has 1 fully saturated rings. The summed E-state index contributed by atoms with van der Waals surface area (Å²) in [6.07, 6.45) is 4.91. The van der Waals surface area contributed by atoms with Crippen LogP contribution in [-0.4, -0.2) is 68.1 Å². The number of primary amides is 1. The Hall–Kier alpha value is -4.19. The smallest absolute Gasteiger partial charge is 0.508 e. The van der Waals surface area contributed by atoms with Crippen LogP contribution in [0.2, 0.25) is 0 Å². The van der Waals surface area contributed by atoms with Crippen LogP contribution in [-0.2, 0) is 30.2 Å². The number of benzene rings is 2. The number of phosphoric acid groups is 1. The predicted octanol–water partition coefficient (Wildman–Crippen LogP) is 2.39. The molecule has 2 aromatic carbocycles. The highest BCUT2D eigenvalue weighted by Gasteiger charge is 2.38. The van der Waals surface area contributed by atoms with Crippen LogP contribution >= 0.6 is 7.82 Å². The molecule has 0 aliphatic carbocycles. The molecule has 4 amide bonds. The van der Waals surface area contributed by atoms with Gasteiger partial charge in [0.05, 0.1) is 0 Å². The Labute approximate surface area is 262 Å². The molecule has 3 atom stereocenters. The van der Waals surface area contributed by atoms with Gasteiger partial charge in [0, 0.05) is 25.1 Å². The number of phenolic OH excluding ortho intramolecular Hbond substituents is 1. The van der Waals surface area contributed by atoms with Crippen LogP contribution in [0.3, 0.4) is 0 Å². The Kier molecular flexibility index (Phi) is 12.7. The molecule has 1 aliphatic heterocycles. The lowest BCUT2D eigenvalue weighted by atomic mass is 10.00. The van der Waals surface area contributed by atoms with E-state index in [1.165, 1.54) is 41.3 Å². The number of amides is 4. The Bertz CT molecular complexity index is 1410. The van der Waals surface area contributed by atoms with E-state index in [4.69, 9.17) is 15.5 Å². The monoisotopic (exact) mass is 644 g/mol. The zero-order valence-corrected chi connectivity index (χ0v) is 26.2. The van der Waals surface area contributed by atoms with Gasteiger partial charge in [0.15, 0.2) is 0 Å². The third-order valence-electron chi connectivity index (χ3n) is 7.20. The SMILES string of the molecule is CC(C)C[C@H](NC(=O)/C=C/c1ccc(OP(=O)(O)O)cc1)C(=O)N1CCC[C@H]1C(=O)N[C@@H](CCC(N)=O)Cc1ccc(O)cc1. The molecule has 0 saturated carbocycles. The summed E-state index contributed by atoms with van der Waals surface area (Å²) in [7, 11) is -4.69. The van der Waals surface area contributed by atoms with E-state index in [1.54, 1.807) is 24.3 Å². The van der Waals surface area contributed by atoms with E-state index in [0.29, 0.717) is 44.2 Å². The van der Waals surface area contributed by atoms with Gasteiger partial charge in [-0.2, -0.15) is 0 Å². The highest BCUT2D eigenvalue weighted by atomic mass is 31.2. The van der Waals surface area contributed by atoms with Crippen molar-refractivity contribution in [3.63, 3.8) is 0 Å². The summed E-state index contributed by atoms with van der Waals surface area (Å²) < 4.78 is 15.5. The molecule has 1 saturated heterocycles. The number of nitrogens with one attached hydrogen (secondary N) is 2. The molecule has 0 spiro atoms. The largest absolute Gasteiger partial charge is 0.524 e. The van der Waals surface area contributed by atoms with E-state index in [9.17, 15) is 28.8 Å². The molecular weight excluding hydrogens is 603 g/mol. The summed E-state index contributed by atoms with van der Waals surface area (Å²) in [5.74, 6) is -1.60. The molecule has 1 aliphatic rings. The molecule has 45 heavy (non-hydrogen) atoms. The number of hydrogen-bond donors (Lipinski definition) is 6. The van der Waals surface area contributed by atoms with Crippen LogP contribution in [0, 0.1) is 5.92 Å². The molecule has 0 radical (unpaired) electrons. The number of nitrogens with zero attached hydrogens (tertiary/aromatic N) is 1. The number of likely N-dealkylation sites (tertiary alicyclic amines) is 1. The minimum Gasteiger partial charge on any atom is -0.508 e. The number of carbonyl (C=O) groups is 4. The fourth-order valence-corrected chi connectivity index (χ4v) is 5.52. The Morgan fingerprint density at radius 1 is 1.07 bits per heavy atom. The number of aromatic hydroxyl groups is 1. The molecule has 13 nitrogen and oxygen atoms in total. The number of phenols is 1. The lowest BCUT2D eigenvalue weighted by Gasteiger charge is -2.30. The molecule has 2 aromatic rings. The second-order valence-corrected chi connectivity index (χ2v) is 12.6. The average Bonchev–Trinajstić information content (AvgIpc) is 3.45. The summed E-state index contributed by atoms with van der Waals surface area (Å²) in [6.45, 7) is 4.19. The van der Waals surface area contributed by atoms with Gasteiger partial charge in [0.25, 0.3) is 0 Å². The third kappa shape index (κ3) is 12.0. The maximum absolute atomic E-state index is 13.7. The molecule has 0 bridgehead atoms. The summed E-state index contributed by atoms with van der Waals surface area (Å²) >= 11 is 0. The number of hydrogen-bond acceptors (Lipinski definition) is 7. The fraction of sp³-hybridized carbons (Fsp3) is 0.419. The zero-order chi connectivity index (χ0) is 33.1. The van der Waals surface area contributed by atoms with E-state index in [0.717, 1.165) is 5.56 Å². The van der Waals surface area contributed by atoms with Crippen LogP contribution in [0.4, 0.5) is 0 Å². The molecule has 1 heterocycles. The van der Waals surface area contributed by atoms with Gasteiger partial charge >= 0.3 is 7.82 Å². The normalized spacial score (nSPS) is 16.4. The van der Waals surface area contributed by atoms with Gasteiger partial charge < -0.3 is 30.9 Å². The quantitative estimate of drug-likeness (QED) is 0.124. The minimum atomic E-state index is -4.69. The van der Waals surface area contributed by atoms with E-state index in [2.05, 4.69) is 15.2 Å². The van der Waals surface area contributed by atoms with Gasteiger partial charge in [-0.1, -0.05) is 38.1 Å². The summed E-state index contributed by atoms with van der Waals surface area (Å²) in [5, 5.41) is 15.3. The van der Waals surface area contributed by atoms with Crippen molar-refractivity contribution in [3.05, 3.63) is 65.7 Å². The second-order valence-electron chi connectivity index (χ2n) is 11.4. The fourth-order valence-electron chi connectivity index (χ4n) is 5.12. The molecule has 7 N–H and O–H groups in total. The lowest BCUT2D eigenvalue weighted by Crippen LogP contribution is -2.54. The first kappa shape index (κ1) is 35.3. The van der Waals surface area contributed by atoms with Crippen molar-refractivity contribution < 1.29 is 43.2 Å². The summed E-state index contributed by atoms with van der Waals surface area (Å²) in [6, 6.07) is 10.2. The van der Waals surface area contributed by atoms with E-state index < -0.39 is 37.8 Å². The Morgan fingerprint density at radius 3 is 2.33 bits per heavy atom. The van der Waals surface area contributed by atoms with Gasteiger partial charge in [-0.25, -0.2) is 4.57 Å². The second kappa shape index (κ2) is 16.2. The van der Waals surface area contributed by atoms with Crippen LogP contribution < -0.4 is 20.9 Å². The maximum atomic E-state index is 13.7. The van der Waals surface area contributed by atoms with Crippen LogP contribution in [0.1, 0.15) is 57.1 Å². The summed E-state index contributed by atoms with van der Waals surface area (Å²) in [5.41, 5.74) is 6.76. The molecule has 244 valence electrons. The summed E-state index contributed by atoms with van der Waals surface area (Å²) in [4.78, 5) is 70.8. The van der Waals surface area contributed by atoms with Gasteiger partial charge in [-0.15, -0.1) is 0 Å². The number of phosphoric ester groups is 1. The standard InChI is InChI=1S/C31H41N4O9P/c1-20(2)18-26(34-29(38)16-9-21-7-13-25(14-8-21)44-45(41,42)43)31(40)35-17-3-4-27(35)30(39)33-23(10-15-28(32)37)19-22-5-11-24(36)12-6-22/h5-9,11-14,16,20,23,26-27,36H,3-4,10,15,17-19H2,1-2H3,(H2,32,37)(H,33,39)(H,34,38)(H2,41,42,43)/b16-9+/t23-,26-,27-/m0/s1. The first-order valence-electron chi connectivity index (χ1n) is 14.7. The van der Waals surface area contributed by atoms with Crippen molar-refractivity contribution in [2.24, 2.45) is 11.7 Å². The number of carbonyl (C=O) groups excluding carboxylic acids is 4. The van der Waals surface area contributed by atoms with Gasteiger partial charge in [0.2, 0.25) is 23.6 Å². The van der Waals surface area contributed by atoms with Crippen molar-refractivity contribution >= 4 is 37.5 Å². The van der Waals surface area contributed by atoms with E-state index in [1.807, 2.05) is 13.8 Å². The van der Waals surface area contributed by atoms with Crippen LogP contribution in [0.5, 0.6) is 11.5 Å². The van der Waals surface area contributed by atoms with E-state index in [-0.39, 0.29) is 35.7 Å². The zero-order valence-electron chi connectivity index (χ0n) is 25.3. The lowest BCUT2D eigenvalue weighted by molar-refractivity contribution is -0.141. The van der Waals surface area contributed by atoms with E-state index >= 15 is 0 Å². The van der Waals surface area contributed by atoms with Crippen molar-refractivity contribution in [2.75, 3.05) is 6.54 Å². The third-order valence-corrected chi connectivity index (χ3v) is 7.64. The number of nitrogens with two attached hydrogens (primary N) is 1. The molecular formula is C31H41N4O9P. The van der Waals surface area contributed by atoms with Gasteiger partial charge in [-0.05, 0) is 79.5 Å². The molecule has 0 unspecified atom stereocenters. The van der Waals surface area contributed by atoms with Gasteiger partial charge in [-0.3, -0.25) is 29.0 Å². The molecule has 0 aromatic heterocycles. The number of rotatable bonds is 15. The minimum absolute atomic E-state index is 0.0312. The van der Waals surface area contributed by atoms with Crippen molar-refractivity contribution in [1.82, 2.24) is 15.5 Å². The highest BCUT2D eigenvalue weighted by molar-refractivity contribution is 7.46. The van der Waals surface area contributed by atoms with Gasteiger partial charge in [0.1, 0.15) is 23.6 Å². The average molecular weight is 645 g/mol. The van der Waals surface area contributed by atoms with Crippen molar-refractivity contribution in [3.8, 4) is 11.5 Å². The maximum Gasteiger partial charge on any atom is 0.524 e. The van der Waals surface area contributed by atoms with Crippen molar-refractivity contribution in [1.29, 1.82) is 0 Å². The Morgan fingerprint density at radius 2 is 1.73 bits per heavy atom. The highest BCUT2D eigenvalue weighted by Crippen LogP contribution is 2.37. The van der Waals surface area contributed by atoms with Crippen LogP contribution in [0.25, 0.3) is 6.08 Å². The first-order valence-corrected chi connectivity index (χ1v) is 16.2. The topological polar surface area (TPSA) is 209 Å². The molecule has 3 rings (SSSR count). The first-order chi connectivity index (χ1) is 21.2.